The average Bonchev–Trinajstić information content (AvgIpc) is 2.22. The molecule has 0 aliphatic carbocycles. The van der Waals surface area contributed by atoms with Crippen LogP contribution < -0.4 is 0 Å². The molecule has 0 aliphatic rings. The van der Waals surface area contributed by atoms with Gasteiger partial charge in [-0.05, 0) is 12.0 Å². The highest BCUT2D eigenvalue weighted by Crippen LogP contribution is 2.01. The first kappa shape index (κ1) is 12.8. The van der Waals surface area contributed by atoms with Crippen molar-refractivity contribution in [2.24, 2.45) is 5.92 Å². The van der Waals surface area contributed by atoms with Crippen LogP contribution in [0.25, 0.3) is 0 Å². The van der Waals surface area contributed by atoms with E-state index in [2.05, 4.69) is 13.2 Å². The Hall–Kier alpha value is -1.15. The van der Waals surface area contributed by atoms with Crippen LogP contribution in [0.4, 0.5) is 0 Å². The highest BCUT2D eigenvalue weighted by molar-refractivity contribution is 5.52. The van der Waals surface area contributed by atoms with Crippen molar-refractivity contribution in [3.8, 4) is 0 Å². The Balaban J connectivity index is 3.61. The summed E-state index contributed by atoms with van der Waals surface area (Å²) in [5, 5.41) is 0. The van der Waals surface area contributed by atoms with Crippen LogP contribution in [0, 0.1) is 5.92 Å². The summed E-state index contributed by atoms with van der Waals surface area (Å²) < 4.78 is 5.37. The van der Waals surface area contributed by atoms with E-state index < -0.39 is 0 Å². The van der Waals surface area contributed by atoms with E-state index in [1.165, 1.54) is 0 Å². The summed E-state index contributed by atoms with van der Waals surface area (Å²) in [6.07, 6.45) is 7.01. The first-order valence-corrected chi connectivity index (χ1v) is 4.71. The fraction of sp³-hybridized carbons (Fsp3) is 0.417. The van der Waals surface area contributed by atoms with E-state index in [0.29, 0.717) is 13.2 Å². The Labute approximate surface area is 86.0 Å². The van der Waals surface area contributed by atoms with E-state index in [1.54, 1.807) is 12.2 Å². The van der Waals surface area contributed by atoms with Gasteiger partial charge in [-0.25, -0.2) is 0 Å². The zero-order chi connectivity index (χ0) is 10.8. The molecule has 0 aromatic rings. The molecular weight excluding hydrogens is 176 g/mol. The van der Waals surface area contributed by atoms with Gasteiger partial charge in [0, 0.05) is 12.5 Å². The van der Waals surface area contributed by atoms with Gasteiger partial charge in [-0.3, -0.25) is 0 Å². The fourth-order valence-electron chi connectivity index (χ4n) is 0.854. The molecule has 2 heteroatoms. The van der Waals surface area contributed by atoms with Gasteiger partial charge in [-0.2, -0.15) is 0 Å². The zero-order valence-electron chi connectivity index (χ0n) is 8.74. The molecule has 0 aromatic carbocycles. The molecule has 2 nitrogen and oxygen atoms in total. The number of hydrogen-bond acceptors (Lipinski definition) is 2. The summed E-state index contributed by atoms with van der Waals surface area (Å²) in [5.74, 6) is 0.0746. The number of rotatable bonds is 8. The largest absolute Gasteiger partial charge is 0.377 e. The smallest absolute Gasteiger partial charge is 0.122 e. The Morgan fingerprint density at radius 1 is 1.50 bits per heavy atom. The summed E-state index contributed by atoms with van der Waals surface area (Å²) in [6.45, 7) is 10.3. The van der Waals surface area contributed by atoms with E-state index >= 15 is 0 Å². The fourth-order valence-corrected chi connectivity index (χ4v) is 0.854. The second-order valence-corrected chi connectivity index (χ2v) is 3.14. The molecule has 78 valence electrons. The van der Waals surface area contributed by atoms with Gasteiger partial charge in [0.15, 0.2) is 0 Å². The molecule has 0 spiro atoms. The predicted molar refractivity (Wildman–Crippen MR) is 59.1 cm³/mol. The average molecular weight is 194 g/mol. The van der Waals surface area contributed by atoms with Crippen molar-refractivity contribution < 1.29 is 9.53 Å². The SMILES string of the molecule is C=C/C=C(\C=C)COCCC(C)C=O. The third-order valence-electron chi connectivity index (χ3n) is 1.81. The maximum Gasteiger partial charge on any atom is 0.122 e. The number of ether oxygens (including phenoxy) is 1. The standard InChI is InChI=1S/C12H18O2/c1-4-6-12(5-2)10-14-8-7-11(3)9-13/h4-6,9,11H,1-2,7-8,10H2,3H3/b12-6+. The Bertz CT molecular complexity index is 216. The maximum atomic E-state index is 10.3. The molecule has 0 radical (unpaired) electrons. The van der Waals surface area contributed by atoms with E-state index in [1.807, 2.05) is 13.0 Å². The highest BCUT2D eigenvalue weighted by atomic mass is 16.5. The molecule has 0 aliphatic heterocycles. The molecule has 0 fully saturated rings. The maximum absolute atomic E-state index is 10.3. The van der Waals surface area contributed by atoms with Crippen molar-refractivity contribution in [1.82, 2.24) is 0 Å². The lowest BCUT2D eigenvalue weighted by Crippen LogP contribution is -2.04. The summed E-state index contributed by atoms with van der Waals surface area (Å²) in [6, 6.07) is 0. The lowest BCUT2D eigenvalue weighted by atomic mass is 10.1. The second kappa shape index (κ2) is 8.45. The minimum atomic E-state index is 0.0746. The van der Waals surface area contributed by atoms with Crippen molar-refractivity contribution in [2.75, 3.05) is 13.2 Å². The first-order valence-electron chi connectivity index (χ1n) is 4.71. The molecule has 1 unspecified atom stereocenters. The van der Waals surface area contributed by atoms with Crippen LogP contribution in [0.2, 0.25) is 0 Å². The molecule has 0 amide bonds. The van der Waals surface area contributed by atoms with Gasteiger partial charge >= 0.3 is 0 Å². The second-order valence-electron chi connectivity index (χ2n) is 3.14. The summed E-state index contributed by atoms with van der Waals surface area (Å²) >= 11 is 0. The summed E-state index contributed by atoms with van der Waals surface area (Å²) in [5.41, 5.74) is 0.999. The van der Waals surface area contributed by atoms with Gasteiger partial charge in [-0.15, -0.1) is 0 Å². The minimum Gasteiger partial charge on any atom is -0.377 e. The van der Waals surface area contributed by atoms with Gasteiger partial charge in [0.25, 0.3) is 0 Å². The first-order chi connectivity index (χ1) is 6.74. The number of aldehydes is 1. The lowest BCUT2D eigenvalue weighted by molar-refractivity contribution is -0.111. The molecule has 0 heterocycles. The molecule has 0 N–H and O–H groups in total. The van der Waals surface area contributed by atoms with Crippen LogP contribution in [-0.2, 0) is 9.53 Å². The van der Waals surface area contributed by atoms with Crippen molar-refractivity contribution in [1.29, 1.82) is 0 Å². The Morgan fingerprint density at radius 3 is 2.71 bits per heavy atom. The molecule has 0 saturated carbocycles. The molecule has 14 heavy (non-hydrogen) atoms. The van der Waals surface area contributed by atoms with Crippen LogP contribution in [0.15, 0.2) is 37.0 Å². The van der Waals surface area contributed by atoms with Gasteiger partial charge in [0.2, 0.25) is 0 Å². The third kappa shape index (κ3) is 6.38. The molecule has 0 bridgehead atoms. The van der Waals surface area contributed by atoms with Crippen molar-refractivity contribution in [3.05, 3.63) is 37.0 Å². The number of hydrogen-bond donors (Lipinski definition) is 0. The Kier molecular flexibility index (Phi) is 7.75. The Morgan fingerprint density at radius 2 is 2.21 bits per heavy atom. The van der Waals surface area contributed by atoms with Crippen molar-refractivity contribution >= 4 is 6.29 Å². The monoisotopic (exact) mass is 194 g/mol. The quantitative estimate of drug-likeness (QED) is 0.337. The van der Waals surface area contributed by atoms with E-state index in [4.69, 9.17) is 4.74 Å². The zero-order valence-corrected chi connectivity index (χ0v) is 8.74. The van der Waals surface area contributed by atoms with E-state index in [-0.39, 0.29) is 5.92 Å². The minimum absolute atomic E-state index is 0.0746. The molecule has 0 rings (SSSR count). The number of allylic oxidation sites excluding steroid dienone is 2. The van der Waals surface area contributed by atoms with Crippen molar-refractivity contribution in [2.45, 2.75) is 13.3 Å². The van der Waals surface area contributed by atoms with Crippen LogP contribution in [0.5, 0.6) is 0 Å². The van der Waals surface area contributed by atoms with E-state index in [9.17, 15) is 4.79 Å². The van der Waals surface area contributed by atoms with Gasteiger partial charge in [0.05, 0.1) is 6.61 Å². The number of carbonyl (C=O) groups is 1. The van der Waals surface area contributed by atoms with E-state index in [0.717, 1.165) is 18.3 Å². The summed E-state index contributed by atoms with van der Waals surface area (Å²) in [4.78, 5) is 10.3. The van der Waals surface area contributed by atoms with Crippen LogP contribution >= 0.6 is 0 Å². The molecule has 1 atom stereocenters. The number of carbonyl (C=O) groups excluding carboxylic acids is 1. The van der Waals surface area contributed by atoms with Gasteiger partial charge < -0.3 is 9.53 Å². The van der Waals surface area contributed by atoms with Crippen LogP contribution in [0.3, 0.4) is 0 Å². The normalized spacial score (nSPS) is 13.4. The third-order valence-corrected chi connectivity index (χ3v) is 1.81. The predicted octanol–water partition coefficient (Wildman–Crippen LogP) is 2.53. The van der Waals surface area contributed by atoms with Crippen LogP contribution in [-0.4, -0.2) is 19.5 Å². The molecular formula is C12H18O2. The van der Waals surface area contributed by atoms with Gasteiger partial charge in [0.1, 0.15) is 6.29 Å². The highest BCUT2D eigenvalue weighted by Gasteiger charge is 1.98. The summed E-state index contributed by atoms with van der Waals surface area (Å²) in [7, 11) is 0. The van der Waals surface area contributed by atoms with Crippen LogP contribution in [0.1, 0.15) is 13.3 Å². The van der Waals surface area contributed by atoms with Gasteiger partial charge in [-0.1, -0.05) is 38.3 Å². The lowest BCUT2D eigenvalue weighted by Gasteiger charge is -2.05. The molecule has 0 aromatic heterocycles. The van der Waals surface area contributed by atoms with Crippen molar-refractivity contribution in [3.63, 3.8) is 0 Å². The topological polar surface area (TPSA) is 26.3 Å². The molecule has 0 saturated heterocycles.